The predicted octanol–water partition coefficient (Wildman–Crippen LogP) is 6.21. The highest BCUT2D eigenvalue weighted by atomic mass is 79.9. The van der Waals surface area contributed by atoms with E-state index in [0.29, 0.717) is 58.8 Å². The fourth-order valence-corrected chi connectivity index (χ4v) is 5.11. The smallest absolute Gasteiger partial charge is 0.266 e. The zero-order valence-electron chi connectivity index (χ0n) is 21.7. The number of amides is 1. The summed E-state index contributed by atoms with van der Waals surface area (Å²) in [6, 6.07) is 20.3. The maximum atomic E-state index is 13.8. The Labute approximate surface area is 252 Å². The number of nitrogens with one attached hydrogen (secondary N) is 2. The minimum absolute atomic E-state index is 0.0594. The first kappa shape index (κ1) is 30.1. The average Bonchev–Trinajstić information content (AvgIpc) is 3.33. The van der Waals surface area contributed by atoms with Gasteiger partial charge in [0.1, 0.15) is 5.75 Å². The molecular weight excluding hydrogens is 617 g/mol. The zero-order chi connectivity index (χ0) is 28.5. The molecule has 3 N–H and O–H groups in total. The van der Waals surface area contributed by atoms with E-state index in [9.17, 15) is 4.79 Å². The number of rotatable bonds is 13. The van der Waals surface area contributed by atoms with Crippen LogP contribution < -0.4 is 15.6 Å². The molecule has 0 bridgehead atoms. The van der Waals surface area contributed by atoms with Gasteiger partial charge in [0, 0.05) is 51.6 Å². The standard InChI is InChI=1S/C30H30BrCl2N3O4/c1-2-15-30(29(38)36-34-16-14-20-4-8-22(31)9-5-20)27(25-13-10-23(32)19-26(25)33)40-28(35-30)21-6-11-24(12-7-21)39-18-3-17-37/h2,4-13,19,27,34,37H,1,3,14-18H2,(H,36,38)/t27-,30-/m0/s1. The van der Waals surface area contributed by atoms with Crippen LogP contribution in [0.1, 0.15) is 35.6 Å². The van der Waals surface area contributed by atoms with Gasteiger partial charge in [-0.25, -0.2) is 10.4 Å². The fraction of sp³-hybridized carbons (Fsp3) is 0.267. The number of aliphatic hydroxyl groups excluding tert-OH is 1. The van der Waals surface area contributed by atoms with Gasteiger partial charge in [0.25, 0.3) is 5.91 Å². The number of carbonyl (C=O) groups is 1. The van der Waals surface area contributed by atoms with Crippen molar-refractivity contribution in [2.75, 3.05) is 19.8 Å². The Hall–Kier alpha value is -2.88. The monoisotopic (exact) mass is 645 g/mol. The van der Waals surface area contributed by atoms with Gasteiger partial charge in [-0.2, -0.15) is 0 Å². The Morgan fingerprint density at radius 3 is 2.58 bits per heavy atom. The third kappa shape index (κ3) is 7.25. The molecule has 0 aliphatic carbocycles. The number of nitrogens with zero attached hydrogens (tertiary/aromatic N) is 1. The first-order valence-corrected chi connectivity index (χ1v) is 14.4. The zero-order valence-corrected chi connectivity index (χ0v) is 24.8. The molecule has 0 aromatic heterocycles. The van der Waals surface area contributed by atoms with E-state index in [2.05, 4.69) is 33.4 Å². The lowest BCUT2D eigenvalue weighted by Crippen LogP contribution is -2.52. The first-order valence-electron chi connectivity index (χ1n) is 12.8. The summed E-state index contributed by atoms with van der Waals surface area (Å²) in [6.07, 6.45) is 2.26. The van der Waals surface area contributed by atoms with Crippen LogP contribution in [0.15, 0.2) is 88.9 Å². The maximum Gasteiger partial charge on any atom is 0.266 e. The van der Waals surface area contributed by atoms with Crippen LogP contribution in [0, 0.1) is 0 Å². The van der Waals surface area contributed by atoms with E-state index in [1.807, 2.05) is 36.4 Å². The Morgan fingerprint density at radius 2 is 1.90 bits per heavy atom. The minimum atomic E-state index is -1.38. The number of hydrazine groups is 1. The van der Waals surface area contributed by atoms with Gasteiger partial charge in [0.2, 0.25) is 5.90 Å². The molecule has 1 heterocycles. The van der Waals surface area contributed by atoms with Crippen LogP contribution in [0.3, 0.4) is 0 Å². The van der Waals surface area contributed by atoms with Gasteiger partial charge in [0.05, 0.1) is 6.61 Å². The van der Waals surface area contributed by atoms with Crippen molar-refractivity contribution >= 4 is 50.9 Å². The third-order valence-electron chi connectivity index (χ3n) is 6.38. The molecule has 40 heavy (non-hydrogen) atoms. The second kappa shape index (κ2) is 14.1. The lowest BCUT2D eigenvalue weighted by molar-refractivity contribution is -0.129. The second-order valence-corrected chi connectivity index (χ2v) is 11.0. The van der Waals surface area contributed by atoms with Crippen molar-refractivity contribution in [3.63, 3.8) is 0 Å². The van der Waals surface area contributed by atoms with E-state index >= 15 is 0 Å². The Kier molecular flexibility index (Phi) is 10.6. The molecule has 3 aromatic rings. The summed E-state index contributed by atoms with van der Waals surface area (Å²) in [4.78, 5) is 18.7. The van der Waals surface area contributed by atoms with E-state index in [4.69, 9.17) is 42.8 Å². The average molecular weight is 647 g/mol. The lowest BCUT2D eigenvalue weighted by atomic mass is 9.84. The van der Waals surface area contributed by atoms with E-state index in [1.54, 1.807) is 36.4 Å². The number of hydrogen-bond acceptors (Lipinski definition) is 6. The predicted molar refractivity (Wildman–Crippen MR) is 162 cm³/mol. The molecule has 3 aromatic carbocycles. The molecule has 210 valence electrons. The first-order chi connectivity index (χ1) is 19.4. The second-order valence-electron chi connectivity index (χ2n) is 9.21. The van der Waals surface area contributed by atoms with E-state index < -0.39 is 11.6 Å². The fourth-order valence-electron chi connectivity index (χ4n) is 4.34. The largest absolute Gasteiger partial charge is 0.494 e. The van der Waals surface area contributed by atoms with E-state index in [0.717, 1.165) is 10.0 Å². The van der Waals surface area contributed by atoms with Gasteiger partial charge in [-0.05, 0) is 60.5 Å². The lowest BCUT2D eigenvalue weighted by Gasteiger charge is -2.30. The van der Waals surface area contributed by atoms with Gasteiger partial charge in [-0.3, -0.25) is 10.2 Å². The van der Waals surface area contributed by atoms with Crippen LogP contribution in [0.5, 0.6) is 5.75 Å². The number of ether oxygens (including phenoxy) is 2. The van der Waals surface area contributed by atoms with Crippen LogP contribution in [0.2, 0.25) is 10.0 Å². The van der Waals surface area contributed by atoms with Crippen molar-refractivity contribution in [2.24, 2.45) is 4.99 Å². The highest BCUT2D eigenvalue weighted by Gasteiger charge is 2.53. The molecule has 0 fully saturated rings. The molecule has 0 unspecified atom stereocenters. The van der Waals surface area contributed by atoms with Crippen molar-refractivity contribution < 1.29 is 19.4 Å². The maximum absolute atomic E-state index is 13.8. The van der Waals surface area contributed by atoms with Crippen LogP contribution in [0.25, 0.3) is 0 Å². The van der Waals surface area contributed by atoms with Crippen LogP contribution in [0.4, 0.5) is 0 Å². The summed E-state index contributed by atoms with van der Waals surface area (Å²) in [5.41, 5.74) is 6.87. The van der Waals surface area contributed by atoms with Gasteiger partial charge < -0.3 is 14.6 Å². The molecular formula is C30H30BrCl2N3O4. The molecule has 2 atom stereocenters. The van der Waals surface area contributed by atoms with Crippen LogP contribution in [-0.2, 0) is 16.0 Å². The Morgan fingerprint density at radius 1 is 1.15 bits per heavy atom. The molecule has 1 aliphatic heterocycles. The molecule has 1 aliphatic rings. The topological polar surface area (TPSA) is 92.2 Å². The number of halogens is 3. The molecule has 0 saturated heterocycles. The molecule has 4 rings (SSSR count). The summed E-state index contributed by atoms with van der Waals surface area (Å²) < 4.78 is 13.0. The van der Waals surface area contributed by atoms with Crippen molar-refractivity contribution in [1.29, 1.82) is 0 Å². The molecule has 1 amide bonds. The van der Waals surface area contributed by atoms with Crippen LogP contribution >= 0.6 is 39.1 Å². The SMILES string of the molecule is C=CC[C@]1(C(=O)NNCCc2ccc(Br)cc2)N=C(c2ccc(OCCCO)cc2)O[C@H]1c1ccc(Cl)cc1Cl. The molecule has 0 saturated carbocycles. The Balaban J connectivity index is 1.59. The third-order valence-corrected chi connectivity index (χ3v) is 7.48. The van der Waals surface area contributed by atoms with Crippen molar-refractivity contribution in [3.05, 3.63) is 111 Å². The van der Waals surface area contributed by atoms with E-state index in [1.165, 1.54) is 0 Å². The molecule has 0 spiro atoms. The molecule has 7 nitrogen and oxygen atoms in total. The van der Waals surface area contributed by atoms with Gasteiger partial charge >= 0.3 is 0 Å². The number of hydrogen-bond donors (Lipinski definition) is 3. The number of carbonyl (C=O) groups excluding carboxylic acids is 1. The van der Waals surface area contributed by atoms with E-state index in [-0.39, 0.29) is 18.9 Å². The minimum Gasteiger partial charge on any atom is -0.494 e. The summed E-state index contributed by atoms with van der Waals surface area (Å²) in [5, 5.41) is 9.81. The number of benzene rings is 3. The number of aliphatic hydroxyl groups is 1. The van der Waals surface area contributed by atoms with Crippen LogP contribution in [-0.4, -0.2) is 42.2 Å². The highest BCUT2D eigenvalue weighted by molar-refractivity contribution is 9.10. The quantitative estimate of drug-likeness (QED) is 0.117. The normalized spacial score (nSPS) is 18.1. The summed E-state index contributed by atoms with van der Waals surface area (Å²) in [5.74, 6) is 0.570. The summed E-state index contributed by atoms with van der Waals surface area (Å²) in [6.45, 7) is 4.86. The van der Waals surface area contributed by atoms with Gasteiger partial charge in [-0.1, -0.05) is 63.4 Å². The summed E-state index contributed by atoms with van der Waals surface area (Å²) >= 11 is 16.2. The highest BCUT2D eigenvalue weighted by Crippen LogP contribution is 2.45. The van der Waals surface area contributed by atoms with Gasteiger partial charge in [-0.15, -0.1) is 6.58 Å². The van der Waals surface area contributed by atoms with Crippen molar-refractivity contribution in [2.45, 2.75) is 30.9 Å². The summed E-state index contributed by atoms with van der Waals surface area (Å²) in [7, 11) is 0. The Bertz CT molecular complexity index is 1350. The van der Waals surface area contributed by atoms with Crippen molar-refractivity contribution in [1.82, 2.24) is 10.9 Å². The van der Waals surface area contributed by atoms with Gasteiger partial charge in [0.15, 0.2) is 11.6 Å². The van der Waals surface area contributed by atoms with Crippen molar-refractivity contribution in [3.8, 4) is 5.75 Å². The number of aliphatic imine (C=N–C) groups is 1. The molecule has 10 heteroatoms. The molecule has 0 radical (unpaired) electrons.